The van der Waals surface area contributed by atoms with Crippen LogP contribution in [0.3, 0.4) is 0 Å². The fraction of sp³-hybridized carbons (Fsp3) is 0.647. The molecular weight excluding hydrogens is 308 g/mol. The Bertz CT molecular complexity index is 566. The second-order valence-electron chi connectivity index (χ2n) is 6.73. The van der Waals surface area contributed by atoms with E-state index in [1.54, 1.807) is 23.1 Å². The Morgan fingerprint density at radius 2 is 2.04 bits per heavy atom. The quantitative estimate of drug-likeness (QED) is 0.808. The molecule has 0 N–H and O–H groups in total. The van der Waals surface area contributed by atoms with Crippen molar-refractivity contribution >= 4 is 11.9 Å². The lowest BCUT2D eigenvalue weighted by Gasteiger charge is -2.36. The maximum atomic E-state index is 12.3. The molecule has 0 radical (unpaired) electrons. The smallest absolute Gasteiger partial charge is 0.320 e. The van der Waals surface area contributed by atoms with E-state index in [1.165, 1.54) is 0 Å². The summed E-state index contributed by atoms with van der Waals surface area (Å²) < 4.78 is 5.29. The molecule has 7 nitrogen and oxygen atoms in total. The lowest BCUT2D eigenvalue weighted by atomic mass is 10.0. The van der Waals surface area contributed by atoms with Gasteiger partial charge in [0, 0.05) is 46.3 Å². The molecule has 0 saturated carbocycles. The minimum atomic E-state index is 0.0989. The van der Waals surface area contributed by atoms with Gasteiger partial charge in [-0.1, -0.05) is 0 Å². The summed E-state index contributed by atoms with van der Waals surface area (Å²) in [5.41, 5.74) is 0. The van der Waals surface area contributed by atoms with Crippen LogP contribution in [0.4, 0.5) is 4.79 Å². The first-order valence-corrected chi connectivity index (χ1v) is 8.55. The molecule has 2 aliphatic rings. The summed E-state index contributed by atoms with van der Waals surface area (Å²) >= 11 is 0. The Morgan fingerprint density at radius 1 is 1.29 bits per heavy atom. The van der Waals surface area contributed by atoms with Crippen LogP contribution in [0.5, 0.6) is 0 Å². The highest BCUT2D eigenvalue weighted by Gasteiger charge is 2.33. The Hall–Kier alpha value is -2.02. The predicted octanol–water partition coefficient (Wildman–Crippen LogP) is 1.07. The molecule has 0 aromatic carbocycles. The number of carbonyl (C=O) groups is 2. The van der Waals surface area contributed by atoms with Crippen molar-refractivity contribution in [2.24, 2.45) is 0 Å². The SMILES string of the molecule is CN(Cc1ccco1)C(=O)CN1CCC(N2CCN(C)C2=O)CC1. The van der Waals surface area contributed by atoms with E-state index in [-0.39, 0.29) is 11.9 Å². The molecule has 0 unspecified atom stereocenters. The van der Waals surface area contributed by atoms with Crippen LogP contribution in [0.25, 0.3) is 0 Å². The predicted molar refractivity (Wildman–Crippen MR) is 89.4 cm³/mol. The van der Waals surface area contributed by atoms with E-state index in [4.69, 9.17) is 4.42 Å². The average molecular weight is 334 g/mol. The average Bonchev–Trinajstić information content (AvgIpc) is 3.19. The highest BCUT2D eigenvalue weighted by molar-refractivity contribution is 5.78. The van der Waals surface area contributed by atoms with Crippen molar-refractivity contribution in [1.29, 1.82) is 0 Å². The van der Waals surface area contributed by atoms with E-state index >= 15 is 0 Å². The van der Waals surface area contributed by atoms with Gasteiger partial charge in [0.25, 0.3) is 0 Å². The largest absolute Gasteiger partial charge is 0.467 e. The van der Waals surface area contributed by atoms with Crippen LogP contribution >= 0.6 is 0 Å². The number of urea groups is 1. The summed E-state index contributed by atoms with van der Waals surface area (Å²) in [6.07, 6.45) is 3.50. The van der Waals surface area contributed by atoms with Gasteiger partial charge in [0.1, 0.15) is 5.76 Å². The molecule has 132 valence electrons. The molecule has 1 aromatic rings. The molecule has 2 saturated heterocycles. The highest BCUT2D eigenvalue weighted by atomic mass is 16.3. The summed E-state index contributed by atoms with van der Waals surface area (Å²) in [5.74, 6) is 0.892. The second-order valence-corrected chi connectivity index (χ2v) is 6.73. The molecule has 1 aromatic heterocycles. The minimum Gasteiger partial charge on any atom is -0.467 e. The Balaban J connectivity index is 1.43. The summed E-state index contributed by atoms with van der Waals surface area (Å²) in [6.45, 7) is 4.28. The van der Waals surface area contributed by atoms with Gasteiger partial charge in [-0.25, -0.2) is 4.79 Å². The fourth-order valence-electron chi connectivity index (χ4n) is 3.43. The molecule has 2 aliphatic heterocycles. The third-order valence-electron chi connectivity index (χ3n) is 5.00. The van der Waals surface area contributed by atoms with Gasteiger partial charge in [0.05, 0.1) is 19.4 Å². The monoisotopic (exact) mass is 334 g/mol. The number of likely N-dealkylation sites (tertiary alicyclic amines) is 1. The van der Waals surface area contributed by atoms with Crippen molar-refractivity contribution in [3.05, 3.63) is 24.2 Å². The molecule has 0 bridgehead atoms. The van der Waals surface area contributed by atoms with E-state index in [0.717, 1.165) is 44.8 Å². The molecular formula is C17H26N4O3. The topological polar surface area (TPSA) is 60.2 Å². The van der Waals surface area contributed by atoms with E-state index in [9.17, 15) is 9.59 Å². The van der Waals surface area contributed by atoms with Gasteiger partial charge in [-0.05, 0) is 25.0 Å². The Kier molecular flexibility index (Phi) is 5.08. The third kappa shape index (κ3) is 3.72. The molecule has 0 spiro atoms. The van der Waals surface area contributed by atoms with Gasteiger partial charge in [0.15, 0.2) is 0 Å². The standard InChI is InChI=1S/C17H26N4O3/c1-18-9-10-21(17(18)23)14-5-7-20(8-6-14)13-16(22)19(2)12-15-4-3-11-24-15/h3-4,11,14H,5-10,12-13H2,1-2H3. The molecule has 0 atom stereocenters. The number of hydrogen-bond acceptors (Lipinski definition) is 4. The normalized spacial score (nSPS) is 20.0. The van der Waals surface area contributed by atoms with Gasteiger partial charge >= 0.3 is 6.03 Å². The van der Waals surface area contributed by atoms with E-state index in [0.29, 0.717) is 19.1 Å². The zero-order valence-electron chi connectivity index (χ0n) is 14.5. The zero-order valence-corrected chi connectivity index (χ0v) is 14.5. The molecule has 24 heavy (non-hydrogen) atoms. The van der Waals surface area contributed by atoms with Gasteiger partial charge in [0.2, 0.25) is 5.91 Å². The number of piperidine rings is 1. The van der Waals surface area contributed by atoms with Crippen molar-refractivity contribution < 1.29 is 14.0 Å². The maximum Gasteiger partial charge on any atom is 0.320 e. The van der Waals surface area contributed by atoms with Crippen molar-refractivity contribution in [2.75, 3.05) is 46.8 Å². The molecule has 0 aliphatic carbocycles. The lowest BCUT2D eigenvalue weighted by molar-refractivity contribution is -0.132. The lowest BCUT2D eigenvalue weighted by Crippen LogP contribution is -2.48. The molecule has 2 fully saturated rings. The van der Waals surface area contributed by atoms with Crippen LogP contribution < -0.4 is 0 Å². The minimum absolute atomic E-state index is 0.0989. The van der Waals surface area contributed by atoms with Crippen LogP contribution in [0, 0.1) is 0 Å². The molecule has 7 heteroatoms. The Morgan fingerprint density at radius 3 is 2.62 bits per heavy atom. The number of furan rings is 1. The van der Waals surface area contributed by atoms with Crippen LogP contribution in [0.2, 0.25) is 0 Å². The third-order valence-corrected chi connectivity index (χ3v) is 5.00. The number of likely N-dealkylation sites (N-methyl/N-ethyl adjacent to an activating group) is 2. The first-order valence-electron chi connectivity index (χ1n) is 8.55. The van der Waals surface area contributed by atoms with Crippen molar-refractivity contribution in [3.8, 4) is 0 Å². The van der Waals surface area contributed by atoms with Crippen molar-refractivity contribution in [3.63, 3.8) is 0 Å². The molecule has 3 rings (SSSR count). The molecule has 3 amide bonds. The second kappa shape index (κ2) is 7.25. The summed E-state index contributed by atoms with van der Waals surface area (Å²) in [6, 6.07) is 4.16. The first kappa shape index (κ1) is 16.8. The highest BCUT2D eigenvalue weighted by Crippen LogP contribution is 2.20. The summed E-state index contributed by atoms with van der Waals surface area (Å²) in [7, 11) is 3.65. The number of nitrogens with zero attached hydrogens (tertiary/aromatic N) is 4. The van der Waals surface area contributed by atoms with Crippen LogP contribution in [0.1, 0.15) is 18.6 Å². The maximum absolute atomic E-state index is 12.3. The summed E-state index contributed by atoms with van der Waals surface area (Å²) in [5, 5.41) is 0. The van der Waals surface area contributed by atoms with Gasteiger partial charge < -0.3 is 19.1 Å². The van der Waals surface area contributed by atoms with Gasteiger partial charge in [-0.2, -0.15) is 0 Å². The van der Waals surface area contributed by atoms with Crippen LogP contribution in [0.15, 0.2) is 22.8 Å². The van der Waals surface area contributed by atoms with E-state index in [2.05, 4.69) is 4.90 Å². The van der Waals surface area contributed by atoms with Crippen LogP contribution in [-0.2, 0) is 11.3 Å². The molecule has 3 heterocycles. The van der Waals surface area contributed by atoms with Gasteiger partial charge in [-0.3, -0.25) is 9.69 Å². The fourth-order valence-corrected chi connectivity index (χ4v) is 3.43. The number of amides is 3. The van der Waals surface area contributed by atoms with E-state index < -0.39 is 0 Å². The Labute approximate surface area is 142 Å². The number of carbonyl (C=O) groups excluding carboxylic acids is 2. The van der Waals surface area contributed by atoms with Crippen molar-refractivity contribution in [1.82, 2.24) is 19.6 Å². The van der Waals surface area contributed by atoms with Crippen molar-refractivity contribution in [2.45, 2.75) is 25.4 Å². The zero-order chi connectivity index (χ0) is 17.1. The summed E-state index contributed by atoms with van der Waals surface area (Å²) in [4.78, 5) is 32.1. The first-order chi connectivity index (χ1) is 11.5. The number of rotatable bonds is 5. The number of hydrogen-bond donors (Lipinski definition) is 0. The van der Waals surface area contributed by atoms with E-state index in [1.807, 2.05) is 24.1 Å². The van der Waals surface area contributed by atoms with Gasteiger partial charge in [-0.15, -0.1) is 0 Å². The van der Waals surface area contributed by atoms with Crippen LogP contribution in [-0.4, -0.2) is 84.4 Å².